The molecule has 0 aromatic rings. The fraction of sp³-hybridized carbons (Fsp3) is 0.929. The molecule has 0 spiro atoms. The van der Waals surface area contributed by atoms with Gasteiger partial charge in [0.2, 0.25) is 5.91 Å². The summed E-state index contributed by atoms with van der Waals surface area (Å²) < 4.78 is 0. The van der Waals surface area contributed by atoms with E-state index < -0.39 is 0 Å². The number of nitrogens with two attached hydrogens (primary N) is 1. The van der Waals surface area contributed by atoms with Crippen molar-refractivity contribution in [2.75, 3.05) is 7.05 Å². The largest absolute Gasteiger partial charge is 0.368 e. The quantitative estimate of drug-likeness (QED) is 0.777. The summed E-state index contributed by atoms with van der Waals surface area (Å²) in [7, 11) is 1.85. The minimum absolute atomic E-state index is 0.113. The van der Waals surface area contributed by atoms with Gasteiger partial charge in [0.25, 0.3) is 0 Å². The number of hydrogen-bond acceptors (Lipinski definition) is 2. The summed E-state index contributed by atoms with van der Waals surface area (Å²) in [6, 6.07) is -0.113. The Morgan fingerprint density at radius 2 is 1.71 bits per heavy atom. The number of primary amides is 1. The van der Waals surface area contributed by atoms with E-state index in [1.807, 2.05) is 7.05 Å². The van der Waals surface area contributed by atoms with Crippen LogP contribution in [0, 0.1) is 29.6 Å². The van der Waals surface area contributed by atoms with Crippen molar-refractivity contribution in [2.45, 2.75) is 44.6 Å². The van der Waals surface area contributed by atoms with Gasteiger partial charge in [-0.2, -0.15) is 0 Å². The Labute approximate surface area is 104 Å². The van der Waals surface area contributed by atoms with Crippen LogP contribution in [0.15, 0.2) is 0 Å². The number of carbonyl (C=O) groups excluding carboxylic acids is 1. The number of amides is 1. The molecule has 0 heterocycles. The van der Waals surface area contributed by atoms with Crippen LogP contribution < -0.4 is 11.1 Å². The van der Waals surface area contributed by atoms with Crippen LogP contribution in [0.3, 0.4) is 0 Å². The van der Waals surface area contributed by atoms with Gasteiger partial charge in [-0.05, 0) is 75.2 Å². The van der Waals surface area contributed by atoms with Crippen molar-refractivity contribution in [3.63, 3.8) is 0 Å². The van der Waals surface area contributed by atoms with Gasteiger partial charge in [-0.15, -0.1) is 0 Å². The second-order valence-corrected chi connectivity index (χ2v) is 6.57. The first kappa shape index (κ1) is 11.5. The summed E-state index contributed by atoms with van der Waals surface area (Å²) in [5.74, 6) is 4.38. The molecule has 0 radical (unpaired) electrons. The second-order valence-electron chi connectivity index (χ2n) is 6.57. The van der Waals surface area contributed by atoms with E-state index >= 15 is 0 Å². The number of carbonyl (C=O) groups is 1. The predicted molar refractivity (Wildman–Crippen MR) is 67.2 cm³/mol. The van der Waals surface area contributed by atoms with Gasteiger partial charge in [0, 0.05) is 0 Å². The van der Waals surface area contributed by atoms with Crippen LogP contribution in [0.1, 0.15) is 38.5 Å². The Bertz CT molecular complexity index is 287. The van der Waals surface area contributed by atoms with Crippen molar-refractivity contribution in [2.24, 2.45) is 35.3 Å². The van der Waals surface area contributed by atoms with Crippen LogP contribution in [0.25, 0.3) is 0 Å². The molecule has 0 saturated heterocycles. The zero-order chi connectivity index (χ0) is 12.0. The van der Waals surface area contributed by atoms with Gasteiger partial charge >= 0.3 is 0 Å². The molecule has 1 amide bonds. The molecular formula is C14H24N2O. The first-order valence-electron chi connectivity index (χ1n) is 7.14. The highest BCUT2D eigenvalue weighted by Crippen LogP contribution is 2.57. The zero-order valence-electron chi connectivity index (χ0n) is 10.7. The molecule has 3 heteroatoms. The molecule has 1 atom stereocenters. The summed E-state index contributed by atoms with van der Waals surface area (Å²) in [6.45, 7) is 0. The highest BCUT2D eigenvalue weighted by Gasteiger charge is 2.48. The van der Waals surface area contributed by atoms with E-state index in [1.54, 1.807) is 0 Å². The lowest BCUT2D eigenvalue weighted by Crippen LogP contribution is -2.49. The van der Waals surface area contributed by atoms with Gasteiger partial charge in [-0.1, -0.05) is 0 Å². The maximum absolute atomic E-state index is 11.4. The summed E-state index contributed by atoms with van der Waals surface area (Å²) in [6.07, 6.45) is 8.16. The molecule has 96 valence electrons. The molecular weight excluding hydrogens is 212 g/mol. The average Bonchev–Trinajstić information content (AvgIpc) is 2.27. The van der Waals surface area contributed by atoms with E-state index in [4.69, 9.17) is 5.73 Å². The van der Waals surface area contributed by atoms with Crippen LogP contribution in [0.4, 0.5) is 0 Å². The Morgan fingerprint density at radius 3 is 2.12 bits per heavy atom. The van der Waals surface area contributed by atoms with Crippen LogP contribution in [0.5, 0.6) is 0 Å². The summed E-state index contributed by atoms with van der Waals surface area (Å²) in [4.78, 5) is 11.4. The van der Waals surface area contributed by atoms with Gasteiger partial charge in [0.1, 0.15) is 0 Å². The maximum Gasteiger partial charge on any atom is 0.234 e. The van der Waals surface area contributed by atoms with E-state index in [1.165, 1.54) is 32.1 Å². The molecule has 4 aliphatic rings. The second kappa shape index (κ2) is 4.27. The maximum atomic E-state index is 11.4. The Morgan fingerprint density at radius 1 is 1.18 bits per heavy atom. The van der Waals surface area contributed by atoms with Crippen molar-refractivity contribution in [1.82, 2.24) is 5.32 Å². The Balaban J connectivity index is 1.69. The smallest absolute Gasteiger partial charge is 0.234 e. The minimum atomic E-state index is -0.179. The standard InChI is InChI=1S/C14H24N2O/c1-16-13(14(15)17)7-12-10-3-8-2-9(5-10)6-11(12)4-8/h8-13,16H,2-7H2,1H3,(H2,15,17). The van der Waals surface area contributed by atoms with Crippen molar-refractivity contribution < 1.29 is 4.79 Å². The first-order valence-corrected chi connectivity index (χ1v) is 7.14. The summed E-state index contributed by atoms with van der Waals surface area (Å²) >= 11 is 0. The number of rotatable bonds is 4. The average molecular weight is 236 g/mol. The highest BCUT2D eigenvalue weighted by atomic mass is 16.1. The fourth-order valence-corrected chi connectivity index (χ4v) is 5.07. The van der Waals surface area contributed by atoms with E-state index in [0.29, 0.717) is 0 Å². The summed E-state index contributed by atoms with van der Waals surface area (Å²) in [5.41, 5.74) is 5.45. The van der Waals surface area contributed by atoms with Gasteiger partial charge in [0.05, 0.1) is 6.04 Å². The monoisotopic (exact) mass is 236 g/mol. The van der Waals surface area contributed by atoms with Crippen LogP contribution in [-0.2, 0) is 4.79 Å². The summed E-state index contributed by atoms with van der Waals surface area (Å²) in [5, 5.41) is 3.09. The molecule has 3 nitrogen and oxygen atoms in total. The minimum Gasteiger partial charge on any atom is -0.368 e. The van der Waals surface area contributed by atoms with Crippen molar-refractivity contribution in [3.8, 4) is 0 Å². The molecule has 4 bridgehead atoms. The van der Waals surface area contributed by atoms with Crippen LogP contribution in [0.2, 0.25) is 0 Å². The van der Waals surface area contributed by atoms with Crippen molar-refractivity contribution in [1.29, 1.82) is 0 Å². The van der Waals surface area contributed by atoms with Crippen LogP contribution in [-0.4, -0.2) is 19.0 Å². The third-order valence-corrected chi connectivity index (χ3v) is 5.62. The molecule has 4 fully saturated rings. The Kier molecular flexibility index (Phi) is 2.89. The third kappa shape index (κ3) is 1.99. The van der Waals surface area contributed by atoms with Gasteiger partial charge in [0.15, 0.2) is 0 Å². The molecule has 3 N–H and O–H groups in total. The topological polar surface area (TPSA) is 55.1 Å². The molecule has 4 saturated carbocycles. The SMILES string of the molecule is CNC(CC1C2CC3CC(C2)CC1C3)C(N)=O. The third-order valence-electron chi connectivity index (χ3n) is 5.62. The van der Waals surface area contributed by atoms with Gasteiger partial charge < -0.3 is 11.1 Å². The molecule has 4 rings (SSSR count). The molecule has 4 aliphatic carbocycles. The van der Waals surface area contributed by atoms with E-state index in [2.05, 4.69) is 5.32 Å². The number of hydrogen-bond donors (Lipinski definition) is 2. The zero-order valence-corrected chi connectivity index (χ0v) is 10.7. The molecule has 0 aliphatic heterocycles. The molecule has 0 aromatic heterocycles. The molecule has 0 aromatic carbocycles. The number of likely N-dealkylation sites (N-methyl/N-ethyl adjacent to an activating group) is 1. The van der Waals surface area contributed by atoms with E-state index in [-0.39, 0.29) is 11.9 Å². The van der Waals surface area contributed by atoms with Gasteiger partial charge in [-0.3, -0.25) is 4.79 Å². The lowest BCUT2D eigenvalue weighted by Gasteiger charge is -2.55. The van der Waals surface area contributed by atoms with E-state index in [0.717, 1.165) is 36.0 Å². The Hall–Kier alpha value is -0.570. The first-order chi connectivity index (χ1) is 8.17. The highest BCUT2D eigenvalue weighted by molar-refractivity contribution is 5.79. The van der Waals surface area contributed by atoms with Gasteiger partial charge in [-0.25, -0.2) is 0 Å². The lowest BCUT2D eigenvalue weighted by molar-refractivity contribution is -0.121. The molecule has 1 unspecified atom stereocenters. The fourth-order valence-electron chi connectivity index (χ4n) is 5.07. The number of nitrogens with one attached hydrogen (secondary N) is 1. The van der Waals surface area contributed by atoms with E-state index in [9.17, 15) is 4.79 Å². The van der Waals surface area contributed by atoms with Crippen molar-refractivity contribution >= 4 is 5.91 Å². The van der Waals surface area contributed by atoms with Crippen LogP contribution >= 0.6 is 0 Å². The van der Waals surface area contributed by atoms with Crippen molar-refractivity contribution in [3.05, 3.63) is 0 Å². The normalized spacial score (nSPS) is 44.9. The predicted octanol–water partition coefficient (Wildman–Crippen LogP) is 1.52. The lowest BCUT2D eigenvalue weighted by atomic mass is 9.51. The molecule has 17 heavy (non-hydrogen) atoms.